The van der Waals surface area contributed by atoms with E-state index in [1.165, 1.54) is 0 Å². The van der Waals surface area contributed by atoms with E-state index in [0.717, 1.165) is 0 Å². The quantitative estimate of drug-likeness (QED) is 0.606. The van der Waals surface area contributed by atoms with E-state index in [0.29, 0.717) is 6.42 Å². The summed E-state index contributed by atoms with van der Waals surface area (Å²) in [7, 11) is 3.41. The van der Waals surface area contributed by atoms with E-state index in [1.54, 1.807) is 7.11 Å². The van der Waals surface area contributed by atoms with Crippen LogP contribution in [0.4, 0.5) is 0 Å². The van der Waals surface area contributed by atoms with Gasteiger partial charge in [-0.3, -0.25) is 0 Å². The summed E-state index contributed by atoms with van der Waals surface area (Å²) in [5.74, 6) is 0. The summed E-state index contributed by atoms with van der Waals surface area (Å²) in [6.45, 7) is 1.93. The first-order valence-electron chi connectivity index (χ1n) is 4.22. The summed E-state index contributed by atoms with van der Waals surface area (Å²) < 4.78 is 10.5. The van der Waals surface area contributed by atoms with E-state index in [-0.39, 0.29) is 24.5 Å². The maximum atomic E-state index is 9.62. The third kappa shape index (κ3) is 1.95. The fraction of sp³-hybridized carbons (Fsp3) is 1.00. The van der Waals surface area contributed by atoms with Gasteiger partial charge in [-0.15, -0.1) is 0 Å². The molecule has 0 spiro atoms. The van der Waals surface area contributed by atoms with Crippen LogP contribution in [-0.4, -0.2) is 43.8 Å². The molecule has 0 amide bonds. The maximum absolute atomic E-state index is 9.62. The average molecular weight is 175 g/mol. The third-order valence-corrected chi connectivity index (χ3v) is 2.32. The highest BCUT2D eigenvalue weighted by Crippen LogP contribution is 2.19. The Morgan fingerprint density at radius 3 is 2.67 bits per heavy atom. The molecule has 0 unspecified atom stereocenters. The second-order valence-corrected chi connectivity index (χ2v) is 3.12. The number of aliphatic hydroxyl groups excluding tert-OH is 1. The average Bonchev–Trinajstić information content (AvgIpc) is 2.03. The molecule has 4 atom stereocenters. The van der Waals surface area contributed by atoms with Gasteiger partial charge in [0.15, 0.2) is 6.29 Å². The van der Waals surface area contributed by atoms with Crippen LogP contribution in [0.2, 0.25) is 0 Å². The smallest absolute Gasteiger partial charge is 0.160 e. The first-order chi connectivity index (χ1) is 5.69. The number of nitrogens with one attached hydrogen (secondary N) is 1. The van der Waals surface area contributed by atoms with Crippen molar-refractivity contribution in [3.8, 4) is 0 Å². The topological polar surface area (TPSA) is 50.7 Å². The summed E-state index contributed by atoms with van der Waals surface area (Å²) in [6, 6.07) is 0.0106. The molecule has 0 aliphatic carbocycles. The van der Waals surface area contributed by atoms with Gasteiger partial charge in [0.25, 0.3) is 0 Å². The van der Waals surface area contributed by atoms with Gasteiger partial charge in [-0.1, -0.05) is 0 Å². The van der Waals surface area contributed by atoms with Crippen LogP contribution in [0.3, 0.4) is 0 Å². The fourth-order valence-electron chi connectivity index (χ4n) is 1.62. The molecule has 0 radical (unpaired) electrons. The van der Waals surface area contributed by atoms with E-state index in [1.807, 2.05) is 14.0 Å². The molecule has 1 aliphatic rings. The van der Waals surface area contributed by atoms with Crippen LogP contribution in [0.5, 0.6) is 0 Å². The molecule has 0 aromatic rings. The molecule has 12 heavy (non-hydrogen) atoms. The molecule has 1 fully saturated rings. The van der Waals surface area contributed by atoms with E-state index in [9.17, 15) is 5.11 Å². The molecule has 0 saturated carbocycles. The summed E-state index contributed by atoms with van der Waals surface area (Å²) in [4.78, 5) is 0. The van der Waals surface area contributed by atoms with Gasteiger partial charge >= 0.3 is 0 Å². The second-order valence-electron chi connectivity index (χ2n) is 3.12. The molecule has 4 nitrogen and oxygen atoms in total. The first kappa shape index (κ1) is 9.92. The van der Waals surface area contributed by atoms with Gasteiger partial charge in [0.2, 0.25) is 0 Å². The van der Waals surface area contributed by atoms with Crippen molar-refractivity contribution in [1.29, 1.82) is 0 Å². The van der Waals surface area contributed by atoms with Crippen LogP contribution in [0.25, 0.3) is 0 Å². The van der Waals surface area contributed by atoms with Gasteiger partial charge in [-0.05, 0) is 14.0 Å². The van der Waals surface area contributed by atoms with Crippen LogP contribution in [-0.2, 0) is 9.47 Å². The predicted molar refractivity (Wildman–Crippen MR) is 44.8 cm³/mol. The third-order valence-electron chi connectivity index (χ3n) is 2.32. The summed E-state index contributed by atoms with van der Waals surface area (Å²) in [6.07, 6.45) is -0.126. The standard InChI is InChI=1S/C8H17NO3/c1-5-8(9-2)6(10)4-7(11-3)12-5/h5-10H,4H2,1-3H3/t5-,6+,7-,8-/m1/s1. The monoisotopic (exact) mass is 175 g/mol. The number of ether oxygens (including phenoxy) is 2. The van der Waals surface area contributed by atoms with Crippen LogP contribution < -0.4 is 5.32 Å². The zero-order valence-electron chi connectivity index (χ0n) is 7.78. The highest BCUT2D eigenvalue weighted by molar-refractivity contribution is 4.85. The van der Waals surface area contributed by atoms with Crippen molar-refractivity contribution in [2.45, 2.75) is 37.9 Å². The molecule has 0 aromatic carbocycles. The Morgan fingerprint density at radius 2 is 2.25 bits per heavy atom. The minimum atomic E-state index is -0.385. The van der Waals surface area contributed by atoms with Crippen LogP contribution in [0.15, 0.2) is 0 Å². The Kier molecular flexibility index (Phi) is 3.46. The Morgan fingerprint density at radius 1 is 1.58 bits per heavy atom. The SMILES string of the molecule is CN[C@H]1[C@@H](O)C[C@H](OC)O[C@@H]1C. The van der Waals surface area contributed by atoms with E-state index < -0.39 is 0 Å². The van der Waals surface area contributed by atoms with Gasteiger partial charge in [-0.25, -0.2) is 0 Å². The molecule has 1 aliphatic heterocycles. The number of hydrogen-bond acceptors (Lipinski definition) is 4. The molecule has 0 aromatic heterocycles. The van der Waals surface area contributed by atoms with E-state index in [4.69, 9.17) is 9.47 Å². The zero-order valence-corrected chi connectivity index (χ0v) is 7.78. The highest BCUT2D eigenvalue weighted by atomic mass is 16.7. The Hall–Kier alpha value is -0.160. The molecular weight excluding hydrogens is 158 g/mol. The normalized spacial score (nSPS) is 43.0. The lowest BCUT2D eigenvalue weighted by Crippen LogP contribution is -2.53. The first-order valence-corrected chi connectivity index (χ1v) is 4.22. The minimum absolute atomic E-state index is 0.0105. The molecule has 1 heterocycles. The molecule has 2 N–H and O–H groups in total. The molecule has 1 saturated heterocycles. The van der Waals surface area contributed by atoms with Crippen molar-refractivity contribution in [3.63, 3.8) is 0 Å². The van der Waals surface area contributed by atoms with Crippen LogP contribution >= 0.6 is 0 Å². The van der Waals surface area contributed by atoms with Gasteiger partial charge in [-0.2, -0.15) is 0 Å². The van der Waals surface area contributed by atoms with Crippen molar-refractivity contribution in [3.05, 3.63) is 0 Å². The Labute approximate surface area is 72.9 Å². The number of likely N-dealkylation sites (N-methyl/N-ethyl adjacent to an activating group) is 1. The van der Waals surface area contributed by atoms with Gasteiger partial charge in [0, 0.05) is 13.5 Å². The van der Waals surface area contributed by atoms with E-state index >= 15 is 0 Å². The number of rotatable bonds is 2. The lowest BCUT2D eigenvalue weighted by molar-refractivity contribution is -0.209. The van der Waals surface area contributed by atoms with Crippen molar-refractivity contribution in [1.82, 2.24) is 5.32 Å². The molecule has 72 valence electrons. The largest absolute Gasteiger partial charge is 0.391 e. The highest BCUT2D eigenvalue weighted by Gasteiger charge is 2.34. The summed E-state index contributed by atoms with van der Waals surface area (Å²) >= 11 is 0. The molecular formula is C8H17NO3. The maximum Gasteiger partial charge on any atom is 0.160 e. The second kappa shape index (κ2) is 4.18. The Bertz CT molecular complexity index is 130. The molecule has 4 heteroatoms. The van der Waals surface area contributed by atoms with Gasteiger partial charge in [0.1, 0.15) is 0 Å². The lowest BCUT2D eigenvalue weighted by atomic mass is 10.00. The minimum Gasteiger partial charge on any atom is -0.391 e. The van der Waals surface area contributed by atoms with Crippen molar-refractivity contribution in [2.75, 3.05) is 14.2 Å². The van der Waals surface area contributed by atoms with Crippen LogP contribution in [0, 0.1) is 0 Å². The summed E-state index contributed by atoms with van der Waals surface area (Å²) in [5.41, 5.74) is 0. The zero-order chi connectivity index (χ0) is 9.14. The van der Waals surface area contributed by atoms with E-state index in [2.05, 4.69) is 5.32 Å². The van der Waals surface area contributed by atoms with Crippen LogP contribution in [0.1, 0.15) is 13.3 Å². The number of hydrogen-bond donors (Lipinski definition) is 2. The fourth-order valence-corrected chi connectivity index (χ4v) is 1.62. The number of methoxy groups -OCH3 is 1. The lowest BCUT2D eigenvalue weighted by Gasteiger charge is -2.37. The Balaban J connectivity index is 2.51. The molecule has 1 rings (SSSR count). The number of aliphatic hydroxyl groups is 1. The summed E-state index contributed by atoms with van der Waals surface area (Å²) in [5, 5.41) is 12.6. The van der Waals surface area contributed by atoms with Crippen molar-refractivity contribution >= 4 is 0 Å². The van der Waals surface area contributed by atoms with Crippen molar-refractivity contribution < 1.29 is 14.6 Å². The molecule has 0 bridgehead atoms. The van der Waals surface area contributed by atoms with Gasteiger partial charge < -0.3 is 19.9 Å². The van der Waals surface area contributed by atoms with Gasteiger partial charge in [0.05, 0.1) is 18.2 Å². The van der Waals surface area contributed by atoms with Crippen molar-refractivity contribution in [2.24, 2.45) is 0 Å². The predicted octanol–water partition coefficient (Wildman–Crippen LogP) is -0.283.